The van der Waals surface area contributed by atoms with E-state index in [0.29, 0.717) is 5.56 Å². The molecule has 0 N–H and O–H groups in total. The lowest BCUT2D eigenvalue weighted by Crippen LogP contribution is -2.21. The van der Waals surface area contributed by atoms with Gasteiger partial charge in [-0.25, -0.2) is 9.59 Å². The Hall–Kier alpha value is -2.82. The smallest absolute Gasteiger partial charge is 0.466 e. The number of rotatable bonds is 5. The maximum absolute atomic E-state index is 11.8. The summed E-state index contributed by atoms with van der Waals surface area (Å²) >= 11 is 0. The zero-order chi connectivity index (χ0) is 16.7. The Bertz CT molecular complexity index is 649. The Morgan fingerprint density at radius 2 is 1.65 bits per heavy atom. The maximum atomic E-state index is 11.8. The lowest BCUT2D eigenvalue weighted by molar-refractivity contribution is -0.152. The van der Waals surface area contributed by atoms with Crippen molar-refractivity contribution in [1.29, 1.82) is 0 Å². The third-order valence-electron chi connectivity index (χ3n) is 3.21. The summed E-state index contributed by atoms with van der Waals surface area (Å²) < 4.78 is 14.8. The summed E-state index contributed by atoms with van der Waals surface area (Å²) in [5.74, 6) is -0.663. The highest BCUT2D eigenvalue weighted by atomic mass is 16.7. The van der Waals surface area contributed by atoms with Gasteiger partial charge in [-0.05, 0) is 12.5 Å². The zero-order valence-electron chi connectivity index (χ0n) is 13.0. The van der Waals surface area contributed by atoms with Crippen LogP contribution in [0.15, 0.2) is 54.6 Å². The predicted molar refractivity (Wildman–Crippen MR) is 83.6 cm³/mol. The largest absolute Gasteiger partial charge is 0.509 e. The average molecular weight is 314 g/mol. The molecule has 1 unspecified atom stereocenters. The van der Waals surface area contributed by atoms with E-state index in [9.17, 15) is 9.59 Å². The summed E-state index contributed by atoms with van der Waals surface area (Å²) in [5.41, 5.74) is 2.47. The third-order valence-corrected chi connectivity index (χ3v) is 3.21. The number of hydrogen-bond acceptors (Lipinski definition) is 5. The van der Waals surface area contributed by atoms with Gasteiger partial charge in [0.15, 0.2) is 0 Å². The third kappa shape index (κ3) is 4.85. The fourth-order valence-corrected chi connectivity index (χ4v) is 1.94. The van der Waals surface area contributed by atoms with Gasteiger partial charge in [0.05, 0.1) is 7.11 Å². The molecule has 0 aliphatic carbocycles. The second kappa shape index (κ2) is 7.98. The molecule has 0 heterocycles. The molecule has 0 saturated heterocycles. The van der Waals surface area contributed by atoms with Crippen molar-refractivity contribution >= 4 is 12.1 Å². The van der Waals surface area contributed by atoms with Crippen molar-refractivity contribution in [3.63, 3.8) is 0 Å². The summed E-state index contributed by atoms with van der Waals surface area (Å²) in [7, 11) is 1.24. The molecule has 0 aliphatic rings. The van der Waals surface area contributed by atoms with E-state index in [1.807, 2.05) is 31.2 Å². The molecule has 2 aromatic rings. The Labute approximate surface area is 134 Å². The minimum absolute atomic E-state index is 0.0712. The molecule has 0 saturated carbocycles. The van der Waals surface area contributed by atoms with Crippen LogP contribution in [0.5, 0.6) is 0 Å². The molecule has 0 spiro atoms. The molecule has 0 radical (unpaired) electrons. The zero-order valence-corrected chi connectivity index (χ0v) is 13.0. The monoisotopic (exact) mass is 314 g/mol. The first kappa shape index (κ1) is 16.5. The highest BCUT2D eigenvalue weighted by molar-refractivity contribution is 5.79. The molecule has 0 amide bonds. The van der Waals surface area contributed by atoms with E-state index in [0.717, 1.165) is 11.1 Å². The first-order valence-electron chi connectivity index (χ1n) is 7.12. The van der Waals surface area contributed by atoms with Gasteiger partial charge in [-0.2, -0.15) is 0 Å². The van der Waals surface area contributed by atoms with Gasteiger partial charge in [-0.1, -0.05) is 60.2 Å². The highest BCUT2D eigenvalue weighted by Gasteiger charge is 2.26. The number of aryl methyl sites for hydroxylation is 1. The number of carbonyl (C=O) groups excluding carboxylic acids is 2. The lowest BCUT2D eigenvalue weighted by Gasteiger charge is -2.15. The summed E-state index contributed by atoms with van der Waals surface area (Å²) in [6.07, 6.45) is -2.07. The first-order valence-corrected chi connectivity index (χ1v) is 7.12. The summed E-state index contributed by atoms with van der Waals surface area (Å²) in [5, 5.41) is 0. The summed E-state index contributed by atoms with van der Waals surface area (Å²) in [6, 6.07) is 16.2. The highest BCUT2D eigenvalue weighted by Crippen LogP contribution is 2.19. The Kier molecular flexibility index (Phi) is 5.74. The molecule has 0 aromatic heterocycles. The van der Waals surface area contributed by atoms with E-state index >= 15 is 0 Å². The van der Waals surface area contributed by atoms with E-state index < -0.39 is 18.2 Å². The van der Waals surface area contributed by atoms with Gasteiger partial charge >= 0.3 is 12.1 Å². The molecule has 0 fully saturated rings. The molecule has 1 atom stereocenters. The topological polar surface area (TPSA) is 61.8 Å². The van der Waals surface area contributed by atoms with Crippen molar-refractivity contribution in [1.82, 2.24) is 0 Å². The molecule has 0 bridgehead atoms. The Morgan fingerprint density at radius 3 is 2.26 bits per heavy atom. The van der Waals surface area contributed by atoms with Crippen molar-refractivity contribution < 1.29 is 23.8 Å². The van der Waals surface area contributed by atoms with Gasteiger partial charge in [0.2, 0.25) is 6.10 Å². The van der Waals surface area contributed by atoms with Crippen LogP contribution in [-0.4, -0.2) is 19.2 Å². The molecular weight excluding hydrogens is 296 g/mol. The van der Waals surface area contributed by atoms with E-state index in [1.54, 1.807) is 30.3 Å². The van der Waals surface area contributed by atoms with Crippen molar-refractivity contribution in [3.05, 3.63) is 71.3 Å². The van der Waals surface area contributed by atoms with Crippen LogP contribution in [0.4, 0.5) is 4.79 Å². The standard InChI is InChI=1S/C18H18O5/c1-13-8-10-14(11-9-13)12-22-18(20)23-16(17(19)21-2)15-6-4-3-5-7-15/h3-11,16H,12H2,1-2H3. The van der Waals surface area contributed by atoms with Crippen molar-refractivity contribution in [2.45, 2.75) is 19.6 Å². The van der Waals surface area contributed by atoms with Gasteiger partial charge in [0, 0.05) is 5.56 Å². The molecule has 0 aliphatic heterocycles. The molecule has 5 heteroatoms. The van der Waals surface area contributed by atoms with E-state index in [2.05, 4.69) is 4.74 Å². The van der Waals surface area contributed by atoms with Crippen molar-refractivity contribution in [3.8, 4) is 0 Å². The van der Waals surface area contributed by atoms with Gasteiger partial charge in [-0.3, -0.25) is 0 Å². The summed E-state index contributed by atoms with van der Waals surface area (Å²) in [4.78, 5) is 23.6. The molecular formula is C18H18O5. The van der Waals surface area contributed by atoms with Gasteiger partial charge < -0.3 is 14.2 Å². The van der Waals surface area contributed by atoms with E-state index in [1.165, 1.54) is 7.11 Å². The van der Waals surface area contributed by atoms with Gasteiger partial charge in [-0.15, -0.1) is 0 Å². The number of methoxy groups -OCH3 is 1. The van der Waals surface area contributed by atoms with Gasteiger partial charge in [0.1, 0.15) is 6.61 Å². The lowest BCUT2D eigenvalue weighted by atomic mass is 10.1. The van der Waals surface area contributed by atoms with E-state index in [4.69, 9.17) is 9.47 Å². The fourth-order valence-electron chi connectivity index (χ4n) is 1.94. The number of esters is 1. The second-order valence-electron chi connectivity index (χ2n) is 4.96. The van der Waals surface area contributed by atoms with Crippen LogP contribution in [0.25, 0.3) is 0 Å². The number of carbonyl (C=O) groups is 2. The van der Waals surface area contributed by atoms with Crippen LogP contribution in [0.3, 0.4) is 0 Å². The van der Waals surface area contributed by atoms with Crippen LogP contribution >= 0.6 is 0 Å². The van der Waals surface area contributed by atoms with Crippen LogP contribution < -0.4 is 0 Å². The normalized spacial score (nSPS) is 11.4. The van der Waals surface area contributed by atoms with Crippen LogP contribution in [0.2, 0.25) is 0 Å². The molecule has 5 nitrogen and oxygen atoms in total. The fraction of sp³-hybridized carbons (Fsp3) is 0.222. The van der Waals surface area contributed by atoms with Gasteiger partial charge in [0.25, 0.3) is 0 Å². The minimum Gasteiger partial charge on any atom is -0.466 e. The summed E-state index contributed by atoms with van der Waals surface area (Å²) in [6.45, 7) is 2.04. The van der Waals surface area contributed by atoms with Crippen molar-refractivity contribution in [2.24, 2.45) is 0 Å². The number of ether oxygens (including phenoxy) is 3. The predicted octanol–water partition coefficient (Wildman–Crippen LogP) is 3.56. The Morgan fingerprint density at radius 1 is 1.00 bits per heavy atom. The quantitative estimate of drug-likeness (QED) is 0.790. The maximum Gasteiger partial charge on any atom is 0.509 e. The Balaban J connectivity index is 1.97. The second-order valence-corrected chi connectivity index (χ2v) is 4.96. The van der Waals surface area contributed by atoms with E-state index in [-0.39, 0.29) is 6.61 Å². The molecule has 2 aromatic carbocycles. The molecule has 23 heavy (non-hydrogen) atoms. The SMILES string of the molecule is COC(=O)C(OC(=O)OCc1ccc(C)cc1)c1ccccc1. The van der Waals surface area contributed by atoms with Crippen LogP contribution in [0.1, 0.15) is 22.8 Å². The first-order chi connectivity index (χ1) is 11.1. The number of hydrogen-bond donors (Lipinski definition) is 0. The molecule has 2 rings (SSSR count). The van der Waals surface area contributed by atoms with Crippen LogP contribution in [0, 0.1) is 6.92 Å². The van der Waals surface area contributed by atoms with Crippen LogP contribution in [-0.2, 0) is 25.6 Å². The number of benzene rings is 2. The minimum atomic E-state index is -1.15. The average Bonchev–Trinajstić information content (AvgIpc) is 2.59. The van der Waals surface area contributed by atoms with Crippen molar-refractivity contribution in [2.75, 3.05) is 7.11 Å². The molecule has 120 valence electrons.